The zero-order valence-corrected chi connectivity index (χ0v) is 18.8. The number of likely N-dealkylation sites (tertiary alicyclic amines) is 2. The second-order valence-corrected chi connectivity index (χ2v) is 10.2. The lowest BCUT2D eigenvalue weighted by molar-refractivity contribution is -0.139. The SMILES string of the molecule is CN1C(=O)C2(Cl)CC3C(=CCC4C(=O)N(C(N)=O)C(=O)C43)C(c3ccc(O)cc3)C2(Cl)C1=O. The molecule has 4 aliphatic rings. The number of aromatic hydroxyl groups is 1. The number of carbonyl (C=O) groups excluding carboxylic acids is 5. The van der Waals surface area contributed by atoms with Crippen LogP contribution in [0.4, 0.5) is 4.79 Å². The third-order valence-electron chi connectivity index (χ3n) is 7.46. The number of nitrogens with two attached hydrogens (primary N) is 1. The van der Waals surface area contributed by atoms with E-state index in [1.54, 1.807) is 18.2 Å². The van der Waals surface area contributed by atoms with Gasteiger partial charge in [-0.2, -0.15) is 4.90 Å². The zero-order valence-electron chi connectivity index (χ0n) is 17.3. The van der Waals surface area contributed by atoms with Crippen molar-refractivity contribution in [3.05, 3.63) is 41.5 Å². The number of urea groups is 1. The molecule has 0 radical (unpaired) electrons. The number of fused-ring (bicyclic) bond motifs is 4. The number of nitrogens with zero attached hydrogens (tertiary/aromatic N) is 2. The Morgan fingerprint density at radius 3 is 2.30 bits per heavy atom. The Hall–Kier alpha value is -2.91. The molecular weight excluding hydrogens is 473 g/mol. The molecule has 172 valence electrons. The van der Waals surface area contributed by atoms with Crippen LogP contribution in [0.2, 0.25) is 0 Å². The summed E-state index contributed by atoms with van der Waals surface area (Å²) in [6, 6.07) is 4.83. The minimum atomic E-state index is -1.89. The van der Waals surface area contributed by atoms with Gasteiger partial charge >= 0.3 is 6.03 Å². The second-order valence-electron chi connectivity index (χ2n) is 8.94. The number of primary amides is 1. The number of allylic oxidation sites excluding steroid dienone is 2. The van der Waals surface area contributed by atoms with Gasteiger partial charge in [0, 0.05) is 13.0 Å². The summed E-state index contributed by atoms with van der Waals surface area (Å²) in [7, 11) is 1.30. The molecule has 2 aliphatic carbocycles. The maximum absolute atomic E-state index is 13.3. The predicted octanol–water partition coefficient (Wildman–Crippen LogP) is 1.46. The van der Waals surface area contributed by atoms with E-state index in [4.69, 9.17) is 28.9 Å². The number of hydrogen-bond donors (Lipinski definition) is 2. The van der Waals surface area contributed by atoms with Crippen molar-refractivity contribution < 1.29 is 29.1 Å². The number of halogens is 2. The van der Waals surface area contributed by atoms with Gasteiger partial charge in [-0.25, -0.2) is 4.79 Å². The van der Waals surface area contributed by atoms with Crippen LogP contribution in [-0.4, -0.2) is 61.4 Å². The first-order valence-corrected chi connectivity index (χ1v) is 11.1. The summed E-state index contributed by atoms with van der Waals surface area (Å²) < 4.78 is 0. The Balaban J connectivity index is 1.72. The topological polar surface area (TPSA) is 138 Å². The normalized spacial score (nSPS) is 37.6. The van der Waals surface area contributed by atoms with E-state index in [9.17, 15) is 29.1 Å². The summed E-state index contributed by atoms with van der Waals surface area (Å²) >= 11 is 13.9. The predicted molar refractivity (Wildman–Crippen MR) is 115 cm³/mol. The number of phenols is 1. The Kier molecular flexibility index (Phi) is 4.52. The Morgan fingerprint density at radius 1 is 1.06 bits per heavy atom. The van der Waals surface area contributed by atoms with Crippen LogP contribution < -0.4 is 5.73 Å². The maximum Gasteiger partial charge on any atom is 0.328 e. The quantitative estimate of drug-likeness (QED) is 0.346. The van der Waals surface area contributed by atoms with Gasteiger partial charge in [0.1, 0.15) is 5.75 Å². The van der Waals surface area contributed by atoms with E-state index in [1.807, 2.05) is 0 Å². The molecule has 0 spiro atoms. The summed E-state index contributed by atoms with van der Waals surface area (Å²) in [5, 5.41) is 9.76. The van der Waals surface area contributed by atoms with Gasteiger partial charge in [-0.15, -0.1) is 23.2 Å². The van der Waals surface area contributed by atoms with Crippen molar-refractivity contribution in [2.24, 2.45) is 23.5 Å². The number of hydrogen-bond acceptors (Lipinski definition) is 6. The standard InChI is InChI=1S/C22H19Cl2N3O6/c1-26-18(31)21(23)8-13-11(6-7-12-14(13)17(30)27(16(12)29)20(25)33)15(22(21,24)19(26)32)9-2-4-10(28)5-3-9/h2-6,12-15,28H,7-8H2,1H3,(H2,25,33). The first-order valence-electron chi connectivity index (χ1n) is 10.3. The van der Waals surface area contributed by atoms with E-state index in [0.29, 0.717) is 16.0 Å². The fourth-order valence-electron chi connectivity index (χ4n) is 6.00. The van der Waals surface area contributed by atoms with Crippen LogP contribution in [0.15, 0.2) is 35.9 Å². The summed E-state index contributed by atoms with van der Waals surface area (Å²) in [5.41, 5.74) is 6.39. The number of amides is 6. The van der Waals surface area contributed by atoms with Crippen molar-refractivity contribution in [2.75, 3.05) is 7.05 Å². The molecule has 33 heavy (non-hydrogen) atoms. The number of phenolic OH excluding ortho intramolecular Hbond substituents is 1. The molecule has 1 aromatic carbocycles. The van der Waals surface area contributed by atoms with Gasteiger partial charge < -0.3 is 10.8 Å². The average molecular weight is 492 g/mol. The molecule has 1 aromatic rings. The first-order chi connectivity index (χ1) is 15.4. The Bertz CT molecular complexity index is 1180. The molecule has 2 saturated heterocycles. The van der Waals surface area contributed by atoms with Crippen LogP contribution in [0.5, 0.6) is 5.75 Å². The molecule has 6 unspecified atom stereocenters. The molecule has 6 amide bonds. The lowest BCUT2D eigenvalue weighted by atomic mass is 9.56. The average Bonchev–Trinajstić information content (AvgIpc) is 3.10. The van der Waals surface area contributed by atoms with Gasteiger partial charge in [-0.05, 0) is 36.5 Å². The first kappa shape index (κ1) is 21.9. The monoisotopic (exact) mass is 491 g/mol. The molecule has 5 rings (SSSR count). The molecule has 11 heteroatoms. The largest absolute Gasteiger partial charge is 0.508 e. The van der Waals surface area contributed by atoms with Crippen LogP contribution in [0.25, 0.3) is 0 Å². The fraction of sp³-hybridized carbons (Fsp3) is 0.409. The van der Waals surface area contributed by atoms with Gasteiger partial charge in [0.05, 0.1) is 11.8 Å². The third kappa shape index (κ3) is 2.52. The summed E-state index contributed by atoms with van der Waals surface area (Å²) in [6.07, 6.45) is 1.72. The number of rotatable bonds is 1. The van der Waals surface area contributed by atoms with E-state index in [2.05, 4.69) is 0 Å². The molecule has 0 aromatic heterocycles. The Labute approximate surface area is 198 Å². The lowest BCUT2D eigenvalue weighted by Crippen LogP contribution is -2.60. The van der Waals surface area contributed by atoms with Gasteiger partial charge in [0.15, 0.2) is 9.75 Å². The smallest absolute Gasteiger partial charge is 0.328 e. The highest BCUT2D eigenvalue weighted by Crippen LogP contribution is 2.65. The number of benzene rings is 1. The summed E-state index contributed by atoms with van der Waals surface area (Å²) in [6.45, 7) is 0. The van der Waals surface area contributed by atoms with Crippen molar-refractivity contribution >= 4 is 52.9 Å². The van der Waals surface area contributed by atoms with Crippen LogP contribution in [0.3, 0.4) is 0 Å². The number of alkyl halides is 2. The molecule has 1 saturated carbocycles. The van der Waals surface area contributed by atoms with E-state index in [0.717, 1.165) is 4.90 Å². The molecular formula is C22H19Cl2N3O6. The van der Waals surface area contributed by atoms with Gasteiger partial charge in [-0.1, -0.05) is 23.8 Å². The zero-order chi connectivity index (χ0) is 24.0. The highest BCUT2D eigenvalue weighted by molar-refractivity contribution is 6.53. The summed E-state index contributed by atoms with van der Waals surface area (Å²) in [4.78, 5) is 61.7. The number of imide groups is 4. The minimum absolute atomic E-state index is 0.0100. The van der Waals surface area contributed by atoms with Crippen molar-refractivity contribution in [3.63, 3.8) is 0 Å². The van der Waals surface area contributed by atoms with Gasteiger partial charge in [-0.3, -0.25) is 24.1 Å². The van der Waals surface area contributed by atoms with Gasteiger partial charge in [0.25, 0.3) is 11.8 Å². The Morgan fingerprint density at radius 2 is 1.70 bits per heavy atom. The molecule has 3 N–H and O–H groups in total. The second kappa shape index (κ2) is 6.80. The van der Waals surface area contributed by atoms with Crippen molar-refractivity contribution in [2.45, 2.75) is 28.5 Å². The maximum atomic E-state index is 13.3. The summed E-state index contributed by atoms with van der Waals surface area (Å²) in [5.74, 6) is -6.24. The highest BCUT2D eigenvalue weighted by atomic mass is 35.5. The molecule has 9 nitrogen and oxygen atoms in total. The van der Waals surface area contributed by atoms with Crippen LogP contribution >= 0.6 is 23.2 Å². The van der Waals surface area contributed by atoms with E-state index >= 15 is 0 Å². The van der Waals surface area contributed by atoms with E-state index in [1.165, 1.54) is 19.2 Å². The van der Waals surface area contributed by atoms with E-state index < -0.39 is 63.1 Å². The van der Waals surface area contributed by atoms with Crippen molar-refractivity contribution in [3.8, 4) is 5.75 Å². The molecule has 2 aliphatic heterocycles. The van der Waals surface area contributed by atoms with Crippen LogP contribution in [0.1, 0.15) is 24.3 Å². The molecule has 2 heterocycles. The molecule has 3 fully saturated rings. The molecule has 0 bridgehead atoms. The lowest BCUT2D eigenvalue weighted by Gasteiger charge is -2.50. The fourth-order valence-corrected chi connectivity index (χ4v) is 7.02. The van der Waals surface area contributed by atoms with Crippen LogP contribution in [0, 0.1) is 17.8 Å². The third-order valence-corrected chi connectivity index (χ3v) is 8.87. The van der Waals surface area contributed by atoms with Crippen LogP contribution in [-0.2, 0) is 19.2 Å². The van der Waals surface area contributed by atoms with Crippen molar-refractivity contribution in [1.82, 2.24) is 9.80 Å². The highest BCUT2D eigenvalue weighted by Gasteiger charge is 2.75. The van der Waals surface area contributed by atoms with E-state index in [-0.39, 0.29) is 18.6 Å². The van der Waals surface area contributed by atoms with Gasteiger partial charge in [0.2, 0.25) is 11.8 Å². The number of carbonyl (C=O) groups is 5. The molecule has 6 atom stereocenters. The minimum Gasteiger partial charge on any atom is -0.508 e. The van der Waals surface area contributed by atoms with Crippen molar-refractivity contribution in [1.29, 1.82) is 0 Å².